The van der Waals surface area contributed by atoms with Crippen LogP contribution in [0.25, 0.3) is 11.0 Å². The second-order valence-corrected chi connectivity index (χ2v) is 4.36. The number of rotatable bonds is 1. The Morgan fingerprint density at radius 1 is 1.31 bits per heavy atom. The Hall–Kier alpha value is -1.48. The van der Waals surface area contributed by atoms with Crippen molar-refractivity contribution in [2.24, 2.45) is 0 Å². The standard InChI is InChI=1S/C13H15N3/c1-4-11(8-14-5-1)12-7-10-3-2-6-15-13(10)16-9-12/h2-3,6-7,9,11,14H,1,4-5,8H2. The van der Waals surface area contributed by atoms with Crippen LogP contribution in [0, 0.1) is 0 Å². The van der Waals surface area contributed by atoms with Crippen LogP contribution in [-0.4, -0.2) is 23.1 Å². The van der Waals surface area contributed by atoms with Crippen LogP contribution in [0.2, 0.25) is 0 Å². The Balaban J connectivity index is 1.97. The highest BCUT2D eigenvalue weighted by atomic mass is 14.9. The fourth-order valence-corrected chi connectivity index (χ4v) is 2.34. The van der Waals surface area contributed by atoms with Gasteiger partial charge in [-0.2, -0.15) is 0 Å². The van der Waals surface area contributed by atoms with Crippen molar-refractivity contribution in [3.63, 3.8) is 0 Å². The van der Waals surface area contributed by atoms with E-state index in [0.717, 1.165) is 24.1 Å². The zero-order chi connectivity index (χ0) is 10.8. The van der Waals surface area contributed by atoms with Gasteiger partial charge in [0.25, 0.3) is 0 Å². The van der Waals surface area contributed by atoms with E-state index >= 15 is 0 Å². The molecule has 1 fully saturated rings. The second kappa shape index (κ2) is 4.18. The number of fused-ring (bicyclic) bond motifs is 1. The fourth-order valence-electron chi connectivity index (χ4n) is 2.34. The Bertz CT molecular complexity index is 489. The monoisotopic (exact) mass is 213 g/mol. The molecule has 0 aromatic carbocycles. The van der Waals surface area contributed by atoms with Gasteiger partial charge in [-0.1, -0.05) is 0 Å². The maximum atomic E-state index is 4.42. The zero-order valence-corrected chi connectivity index (χ0v) is 9.19. The number of aromatic nitrogens is 2. The van der Waals surface area contributed by atoms with Gasteiger partial charge in [0.05, 0.1) is 0 Å². The van der Waals surface area contributed by atoms with E-state index < -0.39 is 0 Å². The summed E-state index contributed by atoms with van der Waals surface area (Å²) in [5, 5.41) is 4.58. The minimum Gasteiger partial charge on any atom is -0.316 e. The molecule has 16 heavy (non-hydrogen) atoms. The summed E-state index contributed by atoms with van der Waals surface area (Å²) in [5.41, 5.74) is 2.18. The first-order chi connectivity index (χ1) is 7.93. The molecule has 0 radical (unpaired) electrons. The normalized spacial score (nSPS) is 21.1. The van der Waals surface area contributed by atoms with Crippen LogP contribution in [0.3, 0.4) is 0 Å². The van der Waals surface area contributed by atoms with Gasteiger partial charge in [-0.05, 0) is 49.1 Å². The molecule has 1 saturated heterocycles. The largest absolute Gasteiger partial charge is 0.316 e. The van der Waals surface area contributed by atoms with Crippen LogP contribution in [0.1, 0.15) is 24.3 Å². The predicted molar refractivity (Wildman–Crippen MR) is 64.4 cm³/mol. The molecule has 1 aliphatic rings. The maximum absolute atomic E-state index is 4.42. The van der Waals surface area contributed by atoms with Gasteiger partial charge in [0, 0.05) is 24.3 Å². The lowest BCUT2D eigenvalue weighted by molar-refractivity contribution is 0.461. The zero-order valence-electron chi connectivity index (χ0n) is 9.19. The highest BCUT2D eigenvalue weighted by molar-refractivity contribution is 5.74. The van der Waals surface area contributed by atoms with Gasteiger partial charge in [-0.25, -0.2) is 9.97 Å². The minimum absolute atomic E-state index is 0.617. The highest BCUT2D eigenvalue weighted by Gasteiger charge is 2.15. The van der Waals surface area contributed by atoms with Gasteiger partial charge in [-0.3, -0.25) is 0 Å². The topological polar surface area (TPSA) is 37.8 Å². The number of hydrogen-bond acceptors (Lipinski definition) is 3. The molecular formula is C13H15N3. The number of nitrogens with one attached hydrogen (secondary N) is 1. The molecule has 1 unspecified atom stereocenters. The van der Waals surface area contributed by atoms with Gasteiger partial charge >= 0.3 is 0 Å². The van der Waals surface area contributed by atoms with E-state index in [1.807, 2.05) is 12.3 Å². The Kier molecular flexibility index (Phi) is 2.54. The first kappa shape index (κ1) is 9.73. The molecule has 1 atom stereocenters. The van der Waals surface area contributed by atoms with E-state index in [1.54, 1.807) is 6.20 Å². The van der Waals surface area contributed by atoms with E-state index in [2.05, 4.69) is 27.4 Å². The van der Waals surface area contributed by atoms with Crippen LogP contribution < -0.4 is 5.32 Å². The molecule has 3 heterocycles. The smallest absolute Gasteiger partial charge is 0.159 e. The molecule has 0 bridgehead atoms. The quantitative estimate of drug-likeness (QED) is 0.788. The highest BCUT2D eigenvalue weighted by Crippen LogP contribution is 2.24. The summed E-state index contributed by atoms with van der Waals surface area (Å²) in [6.45, 7) is 2.23. The minimum atomic E-state index is 0.617. The van der Waals surface area contributed by atoms with E-state index in [1.165, 1.54) is 18.4 Å². The van der Waals surface area contributed by atoms with Crippen molar-refractivity contribution in [1.29, 1.82) is 0 Å². The summed E-state index contributed by atoms with van der Waals surface area (Å²) in [7, 11) is 0. The molecule has 0 amide bonds. The van der Waals surface area contributed by atoms with Gasteiger partial charge in [-0.15, -0.1) is 0 Å². The van der Waals surface area contributed by atoms with Crippen LogP contribution in [-0.2, 0) is 0 Å². The summed E-state index contributed by atoms with van der Waals surface area (Å²) in [4.78, 5) is 8.66. The van der Waals surface area contributed by atoms with Crippen molar-refractivity contribution < 1.29 is 0 Å². The molecule has 3 heteroatoms. The Morgan fingerprint density at radius 3 is 3.19 bits per heavy atom. The first-order valence-electron chi connectivity index (χ1n) is 5.85. The third-order valence-corrected chi connectivity index (χ3v) is 3.24. The van der Waals surface area contributed by atoms with Gasteiger partial charge in [0.2, 0.25) is 0 Å². The molecule has 0 saturated carbocycles. The molecule has 1 aliphatic heterocycles. The molecule has 3 rings (SSSR count). The number of nitrogens with zero attached hydrogens (tertiary/aromatic N) is 2. The molecule has 0 spiro atoms. The van der Waals surface area contributed by atoms with Crippen LogP contribution in [0.4, 0.5) is 0 Å². The van der Waals surface area contributed by atoms with E-state index in [-0.39, 0.29) is 0 Å². The second-order valence-electron chi connectivity index (χ2n) is 4.36. The average molecular weight is 213 g/mol. The van der Waals surface area contributed by atoms with Crippen LogP contribution in [0.5, 0.6) is 0 Å². The summed E-state index contributed by atoms with van der Waals surface area (Å²) in [5.74, 6) is 0.617. The van der Waals surface area contributed by atoms with Crippen molar-refractivity contribution in [3.05, 3.63) is 36.2 Å². The van der Waals surface area contributed by atoms with Gasteiger partial charge < -0.3 is 5.32 Å². The van der Waals surface area contributed by atoms with Gasteiger partial charge in [0.1, 0.15) is 0 Å². The summed E-state index contributed by atoms with van der Waals surface area (Å²) in [6.07, 6.45) is 6.29. The third-order valence-electron chi connectivity index (χ3n) is 3.24. The molecule has 2 aromatic rings. The van der Waals surface area contributed by atoms with E-state index in [4.69, 9.17) is 0 Å². The van der Waals surface area contributed by atoms with Crippen molar-refractivity contribution in [2.45, 2.75) is 18.8 Å². The average Bonchev–Trinajstić information content (AvgIpc) is 2.39. The summed E-state index contributed by atoms with van der Waals surface area (Å²) < 4.78 is 0. The van der Waals surface area contributed by atoms with Crippen molar-refractivity contribution >= 4 is 11.0 Å². The lowest BCUT2D eigenvalue weighted by Gasteiger charge is -2.22. The Labute approximate surface area is 94.9 Å². The van der Waals surface area contributed by atoms with Crippen molar-refractivity contribution in [1.82, 2.24) is 15.3 Å². The van der Waals surface area contributed by atoms with E-state index in [9.17, 15) is 0 Å². The van der Waals surface area contributed by atoms with Crippen LogP contribution >= 0.6 is 0 Å². The number of hydrogen-bond donors (Lipinski definition) is 1. The molecule has 2 aromatic heterocycles. The number of pyridine rings is 2. The van der Waals surface area contributed by atoms with Crippen molar-refractivity contribution in [3.8, 4) is 0 Å². The molecule has 0 aliphatic carbocycles. The summed E-state index contributed by atoms with van der Waals surface area (Å²) in [6, 6.07) is 6.27. The molecular weight excluding hydrogens is 198 g/mol. The number of piperidine rings is 1. The van der Waals surface area contributed by atoms with Crippen LogP contribution in [0.15, 0.2) is 30.6 Å². The lowest BCUT2D eigenvalue weighted by Crippen LogP contribution is -2.28. The lowest BCUT2D eigenvalue weighted by atomic mass is 9.92. The SMILES string of the molecule is c1cnc2ncc(C3CCCNC3)cc2c1. The predicted octanol–water partition coefficient (Wildman–Crippen LogP) is 2.10. The Morgan fingerprint density at radius 2 is 2.31 bits per heavy atom. The fraction of sp³-hybridized carbons (Fsp3) is 0.385. The molecule has 1 N–H and O–H groups in total. The maximum Gasteiger partial charge on any atom is 0.159 e. The first-order valence-corrected chi connectivity index (χ1v) is 5.85. The van der Waals surface area contributed by atoms with Gasteiger partial charge in [0.15, 0.2) is 5.65 Å². The molecule has 82 valence electrons. The van der Waals surface area contributed by atoms with E-state index in [0.29, 0.717) is 5.92 Å². The molecule has 3 nitrogen and oxygen atoms in total. The third kappa shape index (κ3) is 1.78. The van der Waals surface area contributed by atoms with Crippen molar-refractivity contribution in [2.75, 3.05) is 13.1 Å². The summed E-state index contributed by atoms with van der Waals surface area (Å²) >= 11 is 0.